The van der Waals surface area contributed by atoms with Gasteiger partial charge in [-0.15, -0.1) is 0 Å². The molecule has 0 fully saturated rings. The lowest BCUT2D eigenvalue weighted by Gasteiger charge is -2.33. The van der Waals surface area contributed by atoms with Crippen molar-refractivity contribution in [2.75, 3.05) is 13.7 Å². The van der Waals surface area contributed by atoms with Gasteiger partial charge >= 0.3 is 0 Å². The SMILES string of the molecule is CC[C@H](C(=O)NC(C)(C)C)N(Cc1ccccc1C)C(=O)COc1ccc(OC)cc1. The van der Waals surface area contributed by atoms with Crippen LogP contribution in [-0.4, -0.2) is 42.0 Å². The number of rotatable bonds is 9. The fraction of sp³-hybridized carbons (Fsp3) is 0.440. The summed E-state index contributed by atoms with van der Waals surface area (Å²) in [7, 11) is 1.59. The van der Waals surface area contributed by atoms with Gasteiger partial charge in [0.2, 0.25) is 5.91 Å². The quantitative estimate of drug-likeness (QED) is 0.655. The summed E-state index contributed by atoms with van der Waals surface area (Å²) in [4.78, 5) is 27.8. The van der Waals surface area contributed by atoms with Crippen molar-refractivity contribution < 1.29 is 19.1 Å². The molecule has 0 saturated heterocycles. The van der Waals surface area contributed by atoms with Crippen LogP contribution in [0.25, 0.3) is 0 Å². The van der Waals surface area contributed by atoms with E-state index in [0.717, 1.165) is 11.1 Å². The summed E-state index contributed by atoms with van der Waals surface area (Å²) in [5, 5.41) is 3.00. The summed E-state index contributed by atoms with van der Waals surface area (Å²) in [5.74, 6) is 0.873. The minimum atomic E-state index is -0.592. The Bertz CT molecular complexity index is 872. The van der Waals surface area contributed by atoms with Gasteiger partial charge in [-0.2, -0.15) is 0 Å². The zero-order valence-corrected chi connectivity index (χ0v) is 19.4. The molecule has 6 heteroatoms. The molecule has 2 amide bonds. The Morgan fingerprint density at radius 2 is 1.65 bits per heavy atom. The Kier molecular flexibility index (Phi) is 8.48. The van der Waals surface area contributed by atoms with Crippen LogP contribution in [0.4, 0.5) is 0 Å². The first-order valence-corrected chi connectivity index (χ1v) is 10.6. The molecule has 2 aromatic rings. The number of amides is 2. The summed E-state index contributed by atoms with van der Waals surface area (Å²) in [6.45, 7) is 9.89. The van der Waals surface area contributed by atoms with Crippen LogP contribution >= 0.6 is 0 Å². The molecular weight excluding hydrogens is 392 g/mol. The van der Waals surface area contributed by atoms with Gasteiger partial charge in [0.25, 0.3) is 5.91 Å². The first-order chi connectivity index (χ1) is 14.6. The molecule has 0 spiro atoms. The Morgan fingerprint density at radius 3 is 2.19 bits per heavy atom. The van der Waals surface area contributed by atoms with Gasteiger partial charge in [0.15, 0.2) is 6.61 Å². The number of hydrogen-bond acceptors (Lipinski definition) is 4. The Morgan fingerprint density at radius 1 is 1.03 bits per heavy atom. The van der Waals surface area contributed by atoms with Crippen LogP contribution in [0.15, 0.2) is 48.5 Å². The molecule has 2 aromatic carbocycles. The van der Waals surface area contributed by atoms with Crippen molar-refractivity contribution in [3.8, 4) is 11.5 Å². The molecular formula is C25H34N2O4. The molecule has 0 bridgehead atoms. The van der Waals surface area contributed by atoms with E-state index in [4.69, 9.17) is 9.47 Å². The maximum Gasteiger partial charge on any atom is 0.261 e. The van der Waals surface area contributed by atoms with Crippen molar-refractivity contribution in [1.29, 1.82) is 0 Å². The molecule has 0 unspecified atom stereocenters. The number of benzene rings is 2. The van der Waals surface area contributed by atoms with Gasteiger partial charge in [-0.1, -0.05) is 31.2 Å². The number of methoxy groups -OCH3 is 1. The molecule has 6 nitrogen and oxygen atoms in total. The third-order valence-corrected chi connectivity index (χ3v) is 4.91. The van der Waals surface area contributed by atoms with Crippen molar-refractivity contribution >= 4 is 11.8 Å². The standard InChI is InChI=1S/C25H34N2O4/c1-7-22(24(29)26-25(3,4)5)27(16-19-11-9-8-10-18(19)2)23(28)17-31-21-14-12-20(30-6)13-15-21/h8-15,22H,7,16-17H2,1-6H3,(H,26,29)/t22-/m1/s1. The van der Waals surface area contributed by atoms with Gasteiger partial charge in [-0.05, 0) is 69.5 Å². The molecule has 0 radical (unpaired) electrons. The maximum absolute atomic E-state index is 13.2. The summed E-state index contributed by atoms with van der Waals surface area (Å²) >= 11 is 0. The van der Waals surface area contributed by atoms with Crippen molar-refractivity contribution in [1.82, 2.24) is 10.2 Å². The third kappa shape index (κ3) is 7.31. The van der Waals surface area contributed by atoms with E-state index in [1.165, 1.54) is 0 Å². The van der Waals surface area contributed by atoms with Crippen LogP contribution in [0.1, 0.15) is 45.2 Å². The number of carbonyl (C=O) groups excluding carboxylic acids is 2. The molecule has 0 aliphatic carbocycles. The molecule has 0 heterocycles. The van der Waals surface area contributed by atoms with Crippen LogP contribution in [-0.2, 0) is 16.1 Å². The lowest BCUT2D eigenvalue weighted by molar-refractivity contribution is -0.143. The molecule has 1 N–H and O–H groups in total. The van der Waals surface area contributed by atoms with E-state index >= 15 is 0 Å². The second-order valence-electron chi connectivity index (χ2n) is 8.58. The van der Waals surface area contributed by atoms with Crippen molar-refractivity contribution in [3.05, 3.63) is 59.7 Å². The average molecular weight is 427 g/mol. The molecule has 2 rings (SSSR count). The number of ether oxygens (including phenoxy) is 2. The minimum absolute atomic E-state index is 0.155. The van der Waals surface area contributed by atoms with Gasteiger partial charge < -0.3 is 19.7 Å². The highest BCUT2D eigenvalue weighted by atomic mass is 16.5. The van der Waals surface area contributed by atoms with Crippen LogP contribution in [0.2, 0.25) is 0 Å². The van der Waals surface area contributed by atoms with E-state index in [1.54, 1.807) is 36.3 Å². The first kappa shape index (κ1) is 24.3. The van der Waals surface area contributed by atoms with Gasteiger partial charge in [0.1, 0.15) is 17.5 Å². The highest BCUT2D eigenvalue weighted by Crippen LogP contribution is 2.19. The molecule has 1 atom stereocenters. The Hall–Kier alpha value is -3.02. The number of hydrogen-bond donors (Lipinski definition) is 1. The van der Waals surface area contributed by atoms with Crippen molar-refractivity contribution in [3.63, 3.8) is 0 Å². The summed E-state index contributed by atoms with van der Waals surface area (Å²) < 4.78 is 10.9. The monoisotopic (exact) mass is 426 g/mol. The van der Waals surface area contributed by atoms with E-state index in [9.17, 15) is 9.59 Å². The van der Waals surface area contributed by atoms with Crippen molar-refractivity contribution in [2.45, 2.75) is 59.2 Å². The van der Waals surface area contributed by atoms with E-state index in [1.807, 2.05) is 58.9 Å². The zero-order chi connectivity index (χ0) is 23.0. The molecule has 0 saturated carbocycles. The van der Waals surface area contributed by atoms with Gasteiger partial charge in [0, 0.05) is 12.1 Å². The predicted molar refractivity (Wildman–Crippen MR) is 122 cm³/mol. The fourth-order valence-corrected chi connectivity index (χ4v) is 3.24. The highest BCUT2D eigenvalue weighted by Gasteiger charge is 2.31. The molecule has 31 heavy (non-hydrogen) atoms. The van der Waals surface area contributed by atoms with Crippen molar-refractivity contribution in [2.24, 2.45) is 0 Å². The molecule has 168 valence electrons. The summed E-state index contributed by atoms with van der Waals surface area (Å²) in [6.07, 6.45) is 0.502. The first-order valence-electron chi connectivity index (χ1n) is 10.6. The smallest absolute Gasteiger partial charge is 0.261 e. The topological polar surface area (TPSA) is 67.9 Å². The number of carbonyl (C=O) groups is 2. The highest BCUT2D eigenvalue weighted by molar-refractivity contribution is 5.88. The van der Waals surface area contributed by atoms with E-state index in [2.05, 4.69) is 5.32 Å². The molecule has 0 aromatic heterocycles. The normalized spacial score (nSPS) is 12.1. The van der Waals surface area contributed by atoms with Gasteiger partial charge in [-0.3, -0.25) is 9.59 Å². The summed E-state index contributed by atoms with van der Waals surface area (Å²) in [5.41, 5.74) is 1.69. The van der Waals surface area contributed by atoms with E-state index < -0.39 is 6.04 Å². The zero-order valence-electron chi connectivity index (χ0n) is 19.4. The lowest BCUT2D eigenvalue weighted by atomic mass is 10.0. The molecule has 0 aliphatic heterocycles. The predicted octanol–water partition coefficient (Wildman–Crippen LogP) is 4.10. The average Bonchev–Trinajstić information content (AvgIpc) is 2.72. The largest absolute Gasteiger partial charge is 0.497 e. The van der Waals surface area contributed by atoms with Crippen LogP contribution in [0.3, 0.4) is 0 Å². The van der Waals surface area contributed by atoms with Crippen LogP contribution < -0.4 is 14.8 Å². The van der Waals surface area contributed by atoms with Crippen LogP contribution in [0.5, 0.6) is 11.5 Å². The number of nitrogens with one attached hydrogen (secondary N) is 1. The lowest BCUT2D eigenvalue weighted by Crippen LogP contribution is -2.54. The van der Waals surface area contributed by atoms with Crippen LogP contribution in [0, 0.1) is 6.92 Å². The van der Waals surface area contributed by atoms with Gasteiger partial charge in [-0.25, -0.2) is 0 Å². The fourth-order valence-electron chi connectivity index (χ4n) is 3.24. The number of nitrogens with zero attached hydrogens (tertiary/aromatic N) is 1. The van der Waals surface area contributed by atoms with E-state index in [0.29, 0.717) is 24.5 Å². The minimum Gasteiger partial charge on any atom is -0.497 e. The second-order valence-corrected chi connectivity index (χ2v) is 8.58. The van der Waals surface area contributed by atoms with Gasteiger partial charge in [0.05, 0.1) is 7.11 Å². The molecule has 0 aliphatic rings. The number of aryl methyl sites for hydroxylation is 1. The Labute approximate surface area is 185 Å². The third-order valence-electron chi connectivity index (χ3n) is 4.91. The summed E-state index contributed by atoms with van der Waals surface area (Å²) in [6, 6.07) is 14.3. The van der Waals surface area contributed by atoms with E-state index in [-0.39, 0.29) is 24.0 Å². The second kappa shape index (κ2) is 10.8. The Balaban J connectivity index is 2.22. The maximum atomic E-state index is 13.2.